The van der Waals surface area contributed by atoms with Gasteiger partial charge in [0.05, 0.1) is 15.9 Å². The summed E-state index contributed by atoms with van der Waals surface area (Å²) < 4.78 is 9.02. The van der Waals surface area contributed by atoms with E-state index in [4.69, 9.17) is 4.74 Å². The molecule has 1 aliphatic rings. The number of aromatic nitrogens is 2. The highest BCUT2D eigenvalue weighted by molar-refractivity contribution is 9.10. The zero-order chi connectivity index (χ0) is 13.3. The topological polar surface area (TPSA) is 27.1 Å². The molecule has 1 saturated carbocycles. The summed E-state index contributed by atoms with van der Waals surface area (Å²) in [5.41, 5.74) is 2.41. The van der Waals surface area contributed by atoms with E-state index < -0.39 is 8.07 Å². The third-order valence-corrected chi connectivity index (χ3v) is 5.95. The minimum atomic E-state index is -0.988. The lowest BCUT2D eigenvalue weighted by Gasteiger charge is -2.15. The van der Waals surface area contributed by atoms with E-state index in [0.717, 1.165) is 12.3 Å². The summed E-state index contributed by atoms with van der Waals surface area (Å²) in [6, 6.07) is 1.22. The van der Waals surface area contributed by atoms with Crippen LogP contribution in [0.2, 0.25) is 25.7 Å². The van der Waals surface area contributed by atoms with Crippen LogP contribution in [0, 0.1) is 6.92 Å². The molecule has 0 radical (unpaired) electrons. The summed E-state index contributed by atoms with van der Waals surface area (Å²) in [4.78, 5) is 0. The van der Waals surface area contributed by atoms with E-state index in [1.165, 1.54) is 29.1 Å². The monoisotopic (exact) mass is 330 g/mol. The minimum Gasteiger partial charge on any atom is -0.360 e. The molecule has 0 spiro atoms. The van der Waals surface area contributed by atoms with E-state index in [9.17, 15) is 0 Å². The number of ether oxygens (including phenoxy) is 1. The van der Waals surface area contributed by atoms with Crippen LogP contribution in [0.5, 0.6) is 0 Å². The van der Waals surface area contributed by atoms with Crippen molar-refractivity contribution in [3.05, 3.63) is 15.9 Å². The van der Waals surface area contributed by atoms with Crippen LogP contribution in [-0.2, 0) is 11.5 Å². The molecular formula is C13H23BrN2OSi. The number of nitrogens with zero attached hydrogens (tertiary/aromatic N) is 2. The molecule has 0 unspecified atom stereocenters. The van der Waals surface area contributed by atoms with Gasteiger partial charge in [0.25, 0.3) is 0 Å². The average Bonchev–Trinajstić information content (AvgIpc) is 3.03. The lowest BCUT2D eigenvalue weighted by atomic mass is 10.3. The summed E-state index contributed by atoms with van der Waals surface area (Å²) in [5.74, 6) is 0.696. The summed E-state index contributed by atoms with van der Waals surface area (Å²) in [5, 5.41) is 4.56. The van der Waals surface area contributed by atoms with Crippen LogP contribution >= 0.6 is 15.9 Å². The van der Waals surface area contributed by atoms with Crippen LogP contribution in [0.4, 0.5) is 0 Å². The third kappa shape index (κ3) is 3.68. The highest BCUT2D eigenvalue weighted by Crippen LogP contribution is 2.44. The highest BCUT2D eigenvalue weighted by Gasteiger charge is 2.30. The number of halogens is 1. The summed E-state index contributed by atoms with van der Waals surface area (Å²) in [6.07, 6.45) is 2.58. The largest absolute Gasteiger partial charge is 0.360 e. The quantitative estimate of drug-likeness (QED) is 0.578. The first kappa shape index (κ1) is 14.3. The Balaban J connectivity index is 1.91. The van der Waals surface area contributed by atoms with Crippen LogP contribution in [0.15, 0.2) is 4.47 Å². The van der Waals surface area contributed by atoms with Crippen LogP contribution in [-0.4, -0.2) is 24.5 Å². The van der Waals surface area contributed by atoms with Crippen LogP contribution in [0.3, 0.4) is 0 Å². The van der Waals surface area contributed by atoms with Gasteiger partial charge in [0, 0.05) is 20.6 Å². The van der Waals surface area contributed by atoms with Crippen molar-refractivity contribution in [3.8, 4) is 0 Å². The normalized spacial score (nSPS) is 16.3. The number of hydrogen-bond acceptors (Lipinski definition) is 2. The van der Waals surface area contributed by atoms with Crippen LogP contribution in [0.1, 0.15) is 30.1 Å². The van der Waals surface area contributed by atoms with Crippen molar-refractivity contribution in [1.82, 2.24) is 9.78 Å². The molecule has 1 fully saturated rings. The van der Waals surface area contributed by atoms with Crippen molar-refractivity contribution in [2.45, 2.75) is 58.1 Å². The second-order valence-electron chi connectivity index (χ2n) is 6.41. The van der Waals surface area contributed by atoms with Crippen molar-refractivity contribution in [2.75, 3.05) is 6.61 Å². The highest BCUT2D eigenvalue weighted by atomic mass is 79.9. The second-order valence-corrected chi connectivity index (χ2v) is 12.8. The van der Waals surface area contributed by atoms with E-state index in [-0.39, 0.29) is 0 Å². The molecule has 18 heavy (non-hydrogen) atoms. The maximum atomic E-state index is 5.80. The molecular weight excluding hydrogens is 308 g/mol. The fraction of sp³-hybridized carbons (Fsp3) is 0.769. The summed E-state index contributed by atoms with van der Waals surface area (Å²) in [7, 11) is -0.988. The first-order valence-corrected chi connectivity index (χ1v) is 11.2. The molecule has 1 aliphatic carbocycles. The van der Waals surface area contributed by atoms with Gasteiger partial charge in [0.1, 0.15) is 6.73 Å². The van der Waals surface area contributed by atoms with Crippen molar-refractivity contribution >= 4 is 24.0 Å². The third-order valence-electron chi connectivity index (χ3n) is 3.27. The molecule has 0 amide bonds. The van der Waals surface area contributed by atoms with Gasteiger partial charge >= 0.3 is 0 Å². The van der Waals surface area contributed by atoms with Gasteiger partial charge < -0.3 is 4.74 Å². The summed E-state index contributed by atoms with van der Waals surface area (Å²) >= 11 is 3.65. The van der Waals surface area contributed by atoms with Gasteiger partial charge in [-0.1, -0.05) is 19.6 Å². The van der Waals surface area contributed by atoms with Gasteiger partial charge in [-0.3, -0.25) is 0 Å². The maximum Gasteiger partial charge on any atom is 0.139 e. The Bertz CT molecular complexity index is 421. The molecule has 0 atom stereocenters. The first-order valence-electron chi connectivity index (χ1n) is 6.69. The molecule has 0 saturated heterocycles. The first-order chi connectivity index (χ1) is 8.38. The molecule has 102 valence electrons. The Morgan fingerprint density at radius 1 is 1.39 bits per heavy atom. The summed E-state index contributed by atoms with van der Waals surface area (Å²) in [6.45, 7) is 10.6. The Morgan fingerprint density at radius 3 is 2.61 bits per heavy atom. The predicted molar refractivity (Wildman–Crippen MR) is 80.7 cm³/mol. The standard InChI is InChI=1S/C13H23BrN2OSi/c1-10-12(14)13(11-5-6-11)16(15-10)9-17-7-8-18(2,3)4/h11H,5-9H2,1-4H3. The van der Waals surface area contributed by atoms with Gasteiger partial charge in [0.15, 0.2) is 0 Å². The maximum absolute atomic E-state index is 5.80. The number of rotatable bonds is 6. The van der Waals surface area contributed by atoms with Gasteiger partial charge in [-0.2, -0.15) is 5.10 Å². The van der Waals surface area contributed by atoms with Crippen LogP contribution < -0.4 is 0 Å². The molecule has 1 aromatic heterocycles. The van der Waals surface area contributed by atoms with E-state index in [2.05, 4.69) is 47.6 Å². The van der Waals surface area contributed by atoms with Crippen molar-refractivity contribution in [3.63, 3.8) is 0 Å². The van der Waals surface area contributed by atoms with Crippen molar-refractivity contribution in [1.29, 1.82) is 0 Å². The number of hydrogen-bond donors (Lipinski definition) is 0. The Hall–Kier alpha value is -0.133. The van der Waals surface area contributed by atoms with Crippen LogP contribution in [0.25, 0.3) is 0 Å². The zero-order valence-electron chi connectivity index (χ0n) is 11.8. The number of aryl methyl sites for hydroxylation is 1. The molecule has 0 aromatic carbocycles. The molecule has 3 nitrogen and oxygen atoms in total. The fourth-order valence-electron chi connectivity index (χ4n) is 1.95. The Labute approximate surface area is 119 Å². The van der Waals surface area contributed by atoms with Gasteiger partial charge in [-0.15, -0.1) is 0 Å². The average molecular weight is 331 g/mol. The molecule has 0 aliphatic heterocycles. The molecule has 0 bridgehead atoms. The van der Waals surface area contributed by atoms with Gasteiger partial charge in [0.2, 0.25) is 0 Å². The van der Waals surface area contributed by atoms with E-state index >= 15 is 0 Å². The molecule has 0 N–H and O–H groups in total. The molecule has 5 heteroatoms. The lowest BCUT2D eigenvalue weighted by Crippen LogP contribution is -2.22. The van der Waals surface area contributed by atoms with Crippen molar-refractivity contribution in [2.24, 2.45) is 0 Å². The van der Waals surface area contributed by atoms with Crippen molar-refractivity contribution < 1.29 is 4.74 Å². The molecule has 2 rings (SSSR count). The van der Waals surface area contributed by atoms with Gasteiger partial charge in [-0.05, 0) is 41.7 Å². The van der Waals surface area contributed by atoms with Gasteiger partial charge in [-0.25, -0.2) is 4.68 Å². The Morgan fingerprint density at radius 2 is 2.06 bits per heavy atom. The van der Waals surface area contributed by atoms with E-state index in [1.54, 1.807) is 0 Å². The Kier molecular flexibility index (Phi) is 4.34. The molecule has 1 heterocycles. The smallest absolute Gasteiger partial charge is 0.139 e. The lowest BCUT2D eigenvalue weighted by molar-refractivity contribution is 0.0762. The van der Waals surface area contributed by atoms with E-state index in [0.29, 0.717) is 12.6 Å². The fourth-order valence-corrected chi connectivity index (χ4v) is 3.32. The second kappa shape index (κ2) is 5.47. The predicted octanol–water partition coefficient (Wildman–Crippen LogP) is 4.14. The zero-order valence-corrected chi connectivity index (χ0v) is 14.4. The minimum absolute atomic E-state index is 0.600. The van der Waals surface area contributed by atoms with E-state index in [1.807, 2.05) is 4.68 Å². The molecule has 1 aromatic rings. The SMILES string of the molecule is Cc1nn(COCC[Si](C)(C)C)c(C2CC2)c1Br.